The summed E-state index contributed by atoms with van der Waals surface area (Å²) < 4.78 is 0. The molecule has 0 aliphatic carbocycles. The summed E-state index contributed by atoms with van der Waals surface area (Å²) in [6.45, 7) is 2.15. The molecule has 108 valence electrons. The Morgan fingerprint density at radius 3 is 2.00 bits per heavy atom. The Morgan fingerprint density at radius 2 is 1.32 bits per heavy atom. The number of hydrogen-bond donors (Lipinski definition) is 0. The molecule has 0 heterocycles. The molecule has 0 N–H and O–H groups in total. The van der Waals surface area contributed by atoms with Gasteiger partial charge in [-0.2, -0.15) is 0 Å². The van der Waals surface area contributed by atoms with Crippen molar-refractivity contribution in [3.8, 4) is 0 Å². The molecule has 3 aromatic carbocycles. The van der Waals surface area contributed by atoms with Gasteiger partial charge in [-0.05, 0) is 23.6 Å². The minimum absolute atomic E-state index is 0.279. The first-order valence-corrected chi connectivity index (χ1v) is 7.68. The van der Waals surface area contributed by atoms with Gasteiger partial charge >= 0.3 is 0 Å². The lowest BCUT2D eigenvalue weighted by Gasteiger charge is -2.15. The maximum atomic E-state index is 2.29. The first-order chi connectivity index (χ1) is 10.8. The van der Waals surface area contributed by atoms with E-state index in [9.17, 15) is 0 Å². The summed E-state index contributed by atoms with van der Waals surface area (Å²) in [7, 11) is 0. The molecule has 0 heteroatoms. The molecule has 0 fully saturated rings. The molecule has 0 spiro atoms. The topological polar surface area (TPSA) is 0 Å². The zero-order chi connectivity index (χ0) is 15.2. The molecule has 0 nitrogen and oxygen atoms in total. The van der Waals surface area contributed by atoms with Crippen LogP contribution in [0.2, 0.25) is 0 Å². The van der Waals surface area contributed by atoms with E-state index in [0.717, 1.165) is 0 Å². The maximum Gasteiger partial charge on any atom is 0.0272 e. The normalized spacial score (nSPS) is 12.4. The molecule has 0 saturated heterocycles. The van der Waals surface area contributed by atoms with Gasteiger partial charge in [0, 0.05) is 5.92 Å². The Balaban J connectivity index is 1.98. The molecule has 0 radical (unpaired) electrons. The Kier molecular flexibility index (Phi) is 4.50. The summed E-state index contributed by atoms with van der Waals surface area (Å²) >= 11 is 0. The summed E-state index contributed by atoms with van der Waals surface area (Å²) in [5.41, 5.74) is 5.18. The number of allylic oxidation sites excluding steroid dienone is 1. The first-order valence-electron chi connectivity index (χ1n) is 7.68. The zero-order valence-corrected chi connectivity index (χ0v) is 12.8. The van der Waals surface area contributed by atoms with E-state index < -0.39 is 0 Å². The smallest absolute Gasteiger partial charge is 0.0272 e. The third kappa shape index (κ3) is 3.53. The lowest BCUT2D eigenvalue weighted by atomic mass is 9.89. The Hall–Kier alpha value is -2.60. The van der Waals surface area contributed by atoms with Gasteiger partial charge in [-0.3, -0.25) is 0 Å². The van der Waals surface area contributed by atoms with Crippen molar-refractivity contribution in [1.82, 2.24) is 0 Å². The third-order valence-electron chi connectivity index (χ3n) is 3.84. The Labute approximate surface area is 132 Å². The molecule has 0 aromatic heterocycles. The molecule has 22 heavy (non-hydrogen) atoms. The molecule has 0 bridgehead atoms. The molecule has 1 atom stereocenters. The largest absolute Gasteiger partial charge is 0.0721 e. The predicted octanol–water partition coefficient (Wildman–Crippen LogP) is 5.84. The highest BCUT2D eigenvalue weighted by Gasteiger charge is 2.10. The van der Waals surface area contributed by atoms with Crippen molar-refractivity contribution in [2.24, 2.45) is 0 Å². The highest BCUT2D eigenvalue weighted by molar-refractivity contribution is 5.53. The van der Waals surface area contributed by atoms with E-state index in [4.69, 9.17) is 0 Å². The fourth-order valence-corrected chi connectivity index (χ4v) is 2.71. The van der Waals surface area contributed by atoms with Gasteiger partial charge in [0.05, 0.1) is 0 Å². The average Bonchev–Trinajstić information content (AvgIpc) is 2.57. The van der Waals surface area contributed by atoms with Crippen LogP contribution in [-0.4, -0.2) is 0 Å². The fourth-order valence-electron chi connectivity index (χ4n) is 2.71. The van der Waals surface area contributed by atoms with E-state index >= 15 is 0 Å². The van der Waals surface area contributed by atoms with E-state index in [1.165, 1.54) is 22.3 Å². The van der Waals surface area contributed by atoms with Crippen molar-refractivity contribution in [3.63, 3.8) is 0 Å². The van der Waals surface area contributed by atoms with Crippen LogP contribution < -0.4 is 0 Å². The maximum absolute atomic E-state index is 2.29. The van der Waals surface area contributed by atoms with Gasteiger partial charge < -0.3 is 0 Å². The highest BCUT2D eigenvalue weighted by atomic mass is 14.1. The molecule has 0 unspecified atom stereocenters. The van der Waals surface area contributed by atoms with Gasteiger partial charge in [-0.1, -0.05) is 103 Å². The quantitative estimate of drug-likeness (QED) is 0.564. The van der Waals surface area contributed by atoms with Crippen LogP contribution in [0.15, 0.2) is 91.0 Å². The van der Waals surface area contributed by atoms with E-state index in [0.29, 0.717) is 0 Å². The number of aryl methyl sites for hydroxylation is 1. The van der Waals surface area contributed by atoms with Crippen molar-refractivity contribution >= 4 is 6.08 Å². The molecule has 3 rings (SSSR count). The number of benzene rings is 3. The Bertz CT molecular complexity index is 739. The molecule has 0 aliphatic heterocycles. The van der Waals surface area contributed by atoms with Crippen LogP contribution >= 0.6 is 0 Å². The van der Waals surface area contributed by atoms with Crippen LogP contribution in [0.3, 0.4) is 0 Å². The van der Waals surface area contributed by atoms with E-state index in [2.05, 4.69) is 97.9 Å². The summed E-state index contributed by atoms with van der Waals surface area (Å²) in [6, 6.07) is 29.9. The van der Waals surface area contributed by atoms with Crippen LogP contribution in [0.4, 0.5) is 0 Å². The van der Waals surface area contributed by atoms with Gasteiger partial charge in [0.25, 0.3) is 0 Å². The molecular formula is C22H20. The molecule has 0 saturated carbocycles. The molecule has 3 aromatic rings. The van der Waals surface area contributed by atoms with Crippen LogP contribution in [-0.2, 0) is 0 Å². The second-order valence-corrected chi connectivity index (χ2v) is 5.57. The van der Waals surface area contributed by atoms with Gasteiger partial charge in [-0.15, -0.1) is 0 Å². The summed E-state index contributed by atoms with van der Waals surface area (Å²) in [5, 5.41) is 0. The van der Waals surface area contributed by atoms with Gasteiger partial charge in [0.1, 0.15) is 0 Å². The minimum atomic E-state index is 0.279. The van der Waals surface area contributed by atoms with Gasteiger partial charge in [-0.25, -0.2) is 0 Å². The summed E-state index contributed by atoms with van der Waals surface area (Å²) in [5.74, 6) is 0.279. The zero-order valence-electron chi connectivity index (χ0n) is 12.8. The van der Waals surface area contributed by atoms with Crippen LogP contribution in [0.1, 0.15) is 28.2 Å². The standard InChI is InChI=1S/C22H20/c1-18-9-8-14-21(17-18)22(20-12-6-3-7-13-20)16-15-19-10-4-2-5-11-19/h2-17,22H,1H3/b16-15+/t22-/m0/s1. The van der Waals surface area contributed by atoms with Crippen molar-refractivity contribution < 1.29 is 0 Å². The summed E-state index contributed by atoms with van der Waals surface area (Å²) in [6.07, 6.45) is 4.50. The molecular weight excluding hydrogens is 264 g/mol. The van der Waals surface area contributed by atoms with E-state index in [-0.39, 0.29) is 5.92 Å². The number of rotatable bonds is 4. The monoisotopic (exact) mass is 284 g/mol. The van der Waals surface area contributed by atoms with Crippen molar-refractivity contribution in [2.75, 3.05) is 0 Å². The minimum Gasteiger partial charge on any atom is -0.0721 e. The first kappa shape index (κ1) is 14.3. The molecule has 0 amide bonds. The lowest BCUT2D eigenvalue weighted by molar-refractivity contribution is 1.03. The van der Waals surface area contributed by atoms with Crippen molar-refractivity contribution in [3.05, 3.63) is 113 Å². The van der Waals surface area contributed by atoms with Crippen molar-refractivity contribution in [1.29, 1.82) is 0 Å². The Morgan fingerprint density at radius 1 is 0.682 bits per heavy atom. The van der Waals surface area contributed by atoms with Crippen molar-refractivity contribution in [2.45, 2.75) is 12.8 Å². The SMILES string of the molecule is Cc1cccc([C@@H](/C=C/c2ccccc2)c2ccccc2)c1. The number of hydrogen-bond acceptors (Lipinski definition) is 0. The third-order valence-corrected chi connectivity index (χ3v) is 3.84. The van der Waals surface area contributed by atoms with Gasteiger partial charge in [0.2, 0.25) is 0 Å². The second kappa shape index (κ2) is 6.91. The van der Waals surface area contributed by atoms with Crippen LogP contribution in [0.25, 0.3) is 6.08 Å². The van der Waals surface area contributed by atoms with E-state index in [1.807, 2.05) is 6.07 Å². The predicted molar refractivity (Wildman–Crippen MR) is 94.9 cm³/mol. The lowest BCUT2D eigenvalue weighted by Crippen LogP contribution is -1.98. The average molecular weight is 284 g/mol. The van der Waals surface area contributed by atoms with Crippen LogP contribution in [0.5, 0.6) is 0 Å². The van der Waals surface area contributed by atoms with Gasteiger partial charge in [0.15, 0.2) is 0 Å². The second-order valence-electron chi connectivity index (χ2n) is 5.57. The molecule has 0 aliphatic rings. The van der Waals surface area contributed by atoms with Crippen LogP contribution in [0, 0.1) is 6.92 Å². The fraction of sp³-hybridized carbons (Fsp3) is 0.0909. The summed E-state index contributed by atoms with van der Waals surface area (Å²) in [4.78, 5) is 0. The highest BCUT2D eigenvalue weighted by Crippen LogP contribution is 2.27. The van der Waals surface area contributed by atoms with E-state index in [1.54, 1.807) is 0 Å².